The third-order valence-corrected chi connectivity index (χ3v) is 17.6. The lowest BCUT2D eigenvalue weighted by atomic mass is 10.1. The van der Waals surface area contributed by atoms with Gasteiger partial charge in [0.25, 0.3) is 10.0 Å². The summed E-state index contributed by atoms with van der Waals surface area (Å²) in [7, 11) is 0. The zero-order chi connectivity index (χ0) is 53.1. The average molecular weight is 1080 g/mol. The normalized spacial score (nSPS) is 17.6. The minimum atomic E-state index is -0.862. The molecule has 11 rings (SSSR count). The van der Waals surface area contributed by atoms with Crippen LogP contribution in [0.2, 0.25) is 0 Å². The number of aromatic nitrogens is 2. The molecule has 378 valence electrons. The van der Waals surface area contributed by atoms with E-state index in [1.165, 1.54) is 94.8 Å². The molecule has 5 aromatic carbocycles. The fourth-order valence-electron chi connectivity index (χ4n) is 9.42. The van der Waals surface area contributed by atoms with E-state index in [-0.39, 0.29) is 44.9 Å². The second-order valence-corrected chi connectivity index (χ2v) is 21.7. The van der Waals surface area contributed by atoms with E-state index in [1.54, 1.807) is 36.4 Å². The van der Waals surface area contributed by atoms with Gasteiger partial charge in [0.05, 0.1) is 32.6 Å². The summed E-state index contributed by atoms with van der Waals surface area (Å²) in [4.78, 5) is 85.2. The van der Waals surface area contributed by atoms with Crippen molar-refractivity contribution >= 4 is 125 Å². The maximum Gasteiger partial charge on any atom is 0.343 e. The molecule has 0 spiro atoms. The minimum Gasteiger partial charge on any atom is -0.871 e. The predicted molar refractivity (Wildman–Crippen MR) is 289 cm³/mol. The largest absolute Gasteiger partial charge is 0.871 e. The molecule has 0 amide bonds. The van der Waals surface area contributed by atoms with Crippen LogP contribution in [-0.4, -0.2) is 48.2 Å². The van der Waals surface area contributed by atoms with Crippen LogP contribution >= 0.6 is 46.2 Å². The number of thiazole rings is 2. The maximum atomic E-state index is 13.7. The highest BCUT2D eigenvalue weighted by Gasteiger charge is 2.36. The molecule has 2 aliphatic carbocycles. The SMILES string of the molecule is CCN1/C(=C/C2=C([O-])C(=C\c3sc4ccccc4[n+]3CC)/C(=O)C2=O)Sc2cc(OC(=O)c3ccc(C(=O)Oc4ccc5c(c4)S/C(=C\C4=C([O-])C(=C\c6sc7ccccc7[n+]6CC)/C(=O)C4=O)N5CC)cc3)ccc21. The number of fused-ring (bicyclic) bond motifs is 4. The van der Waals surface area contributed by atoms with Crippen molar-refractivity contribution in [2.45, 2.75) is 50.6 Å². The number of hydrogen-bond donors (Lipinski definition) is 0. The first kappa shape index (κ1) is 50.0. The summed E-state index contributed by atoms with van der Waals surface area (Å²) >= 11 is 5.43. The number of carbonyl (C=O) groups excluding carboxylic acids is 6. The highest BCUT2D eigenvalue weighted by atomic mass is 32.2. The van der Waals surface area contributed by atoms with E-state index in [4.69, 9.17) is 9.47 Å². The number of aryl methyl sites for hydroxylation is 2. The summed E-state index contributed by atoms with van der Waals surface area (Å²) in [6, 6.07) is 31.5. The molecule has 2 aromatic heterocycles. The first-order valence-corrected chi connectivity index (χ1v) is 27.5. The van der Waals surface area contributed by atoms with Crippen molar-refractivity contribution in [2.75, 3.05) is 22.9 Å². The van der Waals surface area contributed by atoms with Crippen LogP contribution < -0.4 is 38.6 Å². The van der Waals surface area contributed by atoms with Crippen molar-refractivity contribution in [2.24, 2.45) is 0 Å². The lowest BCUT2D eigenvalue weighted by molar-refractivity contribution is -0.665. The van der Waals surface area contributed by atoms with Gasteiger partial charge in [-0.3, -0.25) is 19.2 Å². The number of carbonyl (C=O) groups is 6. The Bertz CT molecular complexity index is 3680. The van der Waals surface area contributed by atoms with Crippen LogP contribution in [0.1, 0.15) is 58.4 Å². The molecule has 0 unspecified atom stereocenters. The van der Waals surface area contributed by atoms with Crippen molar-refractivity contribution < 1.29 is 57.6 Å². The molecule has 0 radical (unpaired) electrons. The van der Waals surface area contributed by atoms with Crippen LogP contribution in [0, 0.1) is 0 Å². The van der Waals surface area contributed by atoms with Crippen molar-refractivity contribution in [1.29, 1.82) is 0 Å². The molecule has 0 bridgehead atoms. The standard InChI is InChI=1S/C58H42N4O10S4/c1-5-59-39-13-9-11-15-43(39)73-47(59)27-35-51(63)37(55(67)53(35)65)29-49-61(7-3)41-23-21-33(25-45(41)75-49)71-57(69)31-17-19-32(20-18-31)58(70)72-34-22-24-42-46(26-34)76-50(62(42)8-4)30-38-52(64)36(54(66)56(38)68)28-48-60(6-2)40-14-10-12-16-44(40)74-48/h9-30H,5-8H2,1-4H3. The van der Waals surface area contributed by atoms with Gasteiger partial charge in [-0.05, 0) is 113 Å². The van der Waals surface area contributed by atoms with Gasteiger partial charge < -0.3 is 29.5 Å². The van der Waals surface area contributed by atoms with Gasteiger partial charge in [-0.2, -0.15) is 9.13 Å². The Labute approximate surface area is 451 Å². The molecule has 0 saturated carbocycles. The first-order chi connectivity index (χ1) is 36.8. The number of para-hydroxylation sites is 2. The summed E-state index contributed by atoms with van der Waals surface area (Å²) in [5, 5.41) is 29.9. The number of esters is 2. The first-order valence-electron chi connectivity index (χ1n) is 24.2. The number of hydrogen-bond acceptors (Lipinski definition) is 16. The van der Waals surface area contributed by atoms with Gasteiger partial charge in [0.2, 0.25) is 34.2 Å². The number of allylic oxidation sites excluding steroid dienone is 6. The molecule has 0 fully saturated rings. The molecule has 18 heteroatoms. The average Bonchev–Trinajstić information content (AvgIpc) is 4.27. The van der Waals surface area contributed by atoms with Crippen LogP contribution in [0.3, 0.4) is 0 Å². The number of Topliss-reactive ketones (excluding diaryl/α,β-unsaturated/α-hetero) is 4. The van der Waals surface area contributed by atoms with Crippen LogP contribution in [0.25, 0.3) is 32.6 Å². The van der Waals surface area contributed by atoms with E-state index >= 15 is 0 Å². The fraction of sp³-hybridized carbons (Fsp3) is 0.138. The van der Waals surface area contributed by atoms with Crippen molar-refractivity contribution in [3.63, 3.8) is 0 Å². The summed E-state index contributed by atoms with van der Waals surface area (Å²) in [5.41, 5.74) is 3.05. The Hall–Kier alpha value is -8.16. The molecule has 2 aliphatic heterocycles. The topological polar surface area (TPSA) is 181 Å². The van der Waals surface area contributed by atoms with Gasteiger partial charge in [0.15, 0.2) is 0 Å². The Balaban J connectivity index is 0.750. The van der Waals surface area contributed by atoms with Crippen LogP contribution in [0.4, 0.5) is 11.4 Å². The third kappa shape index (κ3) is 8.75. The van der Waals surface area contributed by atoms with Crippen molar-refractivity contribution in [3.05, 3.63) is 186 Å². The molecule has 7 aromatic rings. The summed E-state index contributed by atoms with van der Waals surface area (Å²) < 4.78 is 17.5. The van der Waals surface area contributed by atoms with E-state index in [9.17, 15) is 39.0 Å². The lowest BCUT2D eigenvalue weighted by Crippen LogP contribution is -2.33. The van der Waals surface area contributed by atoms with Gasteiger partial charge in [0.1, 0.15) is 34.0 Å². The van der Waals surface area contributed by atoms with Crippen LogP contribution in [0.5, 0.6) is 11.5 Å². The van der Waals surface area contributed by atoms with Gasteiger partial charge >= 0.3 is 11.9 Å². The van der Waals surface area contributed by atoms with Gasteiger partial charge in [-0.15, -0.1) is 0 Å². The third-order valence-electron chi connectivity index (χ3n) is 13.2. The number of benzene rings is 5. The number of thioether (sulfide) groups is 2. The molecule has 0 atom stereocenters. The number of anilines is 2. The van der Waals surface area contributed by atoms with E-state index in [0.29, 0.717) is 56.0 Å². The molecule has 4 aliphatic rings. The zero-order valence-corrected chi connectivity index (χ0v) is 44.3. The second-order valence-electron chi connectivity index (χ2n) is 17.5. The molecule has 0 saturated heterocycles. The Morgan fingerprint density at radius 3 is 1.30 bits per heavy atom. The predicted octanol–water partition coefficient (Wildman–Crippen LogP) is 8.42. The quantitative estimate of drug-likeness (QED) is 0.0374. The number of ketones is 4. The Kier molecular flexibility index (Phi) is 13.3. The molecular weight excluding hydrogens is 1040 g/mol. The highest BCUT2D eigenvalue weighted by molar-refractivity contribution is 8.04. The molecule has 0 N–H and O–H groups in total. The second kappa shape index (κ2) is 20.2. The van der Waals surface area contributed by atoms with E-state index < -0.39 is 46.6 Å². The molecule has 4 heterocycles. The fourth-order valence-corrected chi connectivity index (χ4v) is 14.2. The van der Waals surface area contributed by atoms with Gasteiger partial charge in [0, 0.05) is 69.5 Å². The van der Waals surface area contributed by atoms with E-state index in [2.05, 4.69) is 0 Å². The summed E-state index contributed by atoms with van der Waals surface area (Å²) in [6.07, 6.45) is 5.96. The number of nitrogens with zero attached hydrogens (tertiary/aromatic N) is 4. The maximum absolute atomic E-state index is 13.7. The summed E-state index contributed by atoms with van der Waals surface area (Å²) in [6.45, 7) is 9.96. The van der Waals surface area contributed by atoms with Crippen molar-refractivity contribution in [1.82, 2.24) is 0 Å². The number of rotatable bonds is 12. The summed E-state index contributed by atoms with van der Waals surface area (Å²) in [5.74, 6) is -5.56. The van der Waals surface area contributed by atoms with Crippen LogP contribution in [0.15, 0.2) is 175 Å². The van der Waals surface area contributed by atoms with E-state index in [1.807, 2.05) is 95.2 Å². The van der Waals surface area contributed by atoms with Crippen LogP contribution in [-0.2, 0) is 32.3 Å². The zero-order valence-electron chi connectivity index (χ0n) is 41.0. The molecular formula is C58H42N4O10S4. The number of ether oxygens (including phenoxy) is 2. The smallest absolute Gasteiger partial charge is 0.343 e. The van der Waals surface area contributed by atoms with Gasteiger partial charge in [-0.25, -0.2) is 9.59 Å². The molecule has 76 heavy (non-hydrogen) atoms. The highest BCUT2D eigenvalue weighted by Crippen LogP contribution is 2.50. The molecule has 14 nitrogen and oxygen atoms in total. The minimum absolute atomic E-state index is 0.169. The van der Waals surface area contributed by atoms with Gasteiger partial charge in [-0.1, -0.05) is 82.0 Å². The monoisotopic (exact) mass is 1080 g/mol. The Morgan fingerprint density at radius 2 is 0.921 bits per heavy atom. The Morgan fingerprint density at radius 1 is 0.526 bits per heavy atom. The van der Waals surface area contributed by atoms with E-state index in [0.717, 1.165) is 31.8 Å². The van der Waals surface area contributed by atoms with Crippen molar-refractivity contribution in [3.8, 4) is 11.5 Å². The lowest BCUT2D eigenvalue weighted by Gasteiger charge is -2.18.